The monoisotopic (exact) mass is 574 g/mol. The van der Waals surface area contributed by atoms with E-state index in [1.807, 2.05) is 127 Å². The molecule has 0 aliphatic heterocycles. The molecule has 0 unspecified atom stereocenters. The fourth-order valence-corrected chi connectivity index (χ4v) is 4.84. The average molecular weight is 575 g/mol. The summed E-state index contributed by atoms with van der Waals surface area (Å²) in [6.07, 6.45) is 0. The lowest BCUT2D eigenvalue weighted by atomic mass is 10.1. The molecule has 0 aliphatic rings. The quantitative estimate of drug-likeness (QED) is 0.136. The Morgan fingerprint density at radius 3 is 1.41 bits per heavy atom. The number of fused-ring (bicyclic) bond motifs is 4. The molecule has 6 N–H and O–H groups in total. The SMILES string of the molecule is Nc1ccc2ccccc2c1.Nc1cccc2ccccc12.Oc1ccc2ccccc2c1.Oc1cccc2ccccc12. The fraction of sp³-hybridized carbons (Fsp3) is 0. The number of nitrogens with two attached hydrogens (primary N) is 2. The Bertz CT molecular complexity index is 1960. The van der Waals surface area contributed by atoms with Crippen molar-refractivity contribution in [1.29, 1.82) is 0 Å². The van der Waals surface area contributed by atoms with E-state index in [9.17, 15) is 5.11 Å². The maximum absolute atomic E-state index is 9.37. The summed E-state index contributed by atoms with van der Waals surface area (Å²) < 4.78 is 0. The van der Waals surface area contributed by atoms with E-state index in [1.165, 1.54) is 16.2 Å². The standard InChI is InChI=1S/2C10H9N.2C10H8O/c11-10-7-3-5-8-4-1-2-6-9(8)10;11-10-6-5-8-3-1-2-4-9(8)7-10;11-10-7-3-5-8-4-1-2-6-9(8)10;11-10-6-5-8-3-1-2-4-9(8)7-10/h2*1-7H,11H2;2*1-7,11H. The molecule has 8 aromatic carbocycles. The Morgan fingerprint density at radius 1 is 0.341 bits per heavy atom. The van der Waals surface area contributed by atoms with E-state index >= 15 is 0 Å². The summed E-state index contributed by atoms with van der Waals surface area (Å²) in [5.74, 6) is 0.673. The van der Waals surface area contributed by atoms with Crippen LogP contribution in [0, 0.1) is 0 Å². The number of benzene rings is 8. The first-order valence-electron chi connectivity index (χ1n) is 14.3. The Hall–Kier alpha value is -6.00. The van der Waals surface area contributed by atoms with Crippen molar-refractivity contribution in [3.63, 3.8) is 0 Å². The molecule has 0 atom stereocenters. The molecule has 4 nitrogen and oxygen atoms in total. The van der Waals surface area contributed by atoms with E-state index in [1.54, 1.807) is 18.2 Å². The fourth-order valence-electron chi connectivity index (χ4n) is 4.84. The molecular formula is C40H34N2O2. The van der Waals surface area contributed by atoms with Crippen LogP contribution in [0.2, 0.25) is 0 Å². The zero-order chi connectivity index (χ0) is 30.7. The van der Waals surface area contributed by atoms with E-state index in [4.69, 9.17) is 16.6 Å². The van der Waals surface area contributed by atoms with Gasteiger partial charge in [-0.2, -0.15) is 0 Å². The second kappa shape index (κ2) is 14.3. The first-order valence-corrected chi connectivity index (χ1v) is 14.3. The second-order valence-corrected chi connectivity index (χ2v) is 10.2. The molecule has 0 saturated heterocycles. The molecule has 0 aromatic heterocycles. The topological polar surface area (TPSA) is 92.5 Å². The van der Waals surface area contributed by atoms with Crippen molar-refractivity contribution < 1.29 is 10.2 Å². The van der Waals surface area contributed by atoms with Crippen LogP contribution in [0.15, 0.2) is 170 Å². The lowest BCUT2D eigenvalue weighted by Crippen LogP contribution is -1.84. The first-order chi connectivity index (χ1) is 21.5. The van der Waals surface area contributed by atoms with Crippen molar-refractivity contribution in [2.75, 3.05) is 11.5 Å². The van der Waals surface area contributed by atoms with Gasteiger partial charge in [0.2, 0.25) is 0 Å². The maximum Gasteiger partial charge on any atom is 0.123 e. The van der Waals surface area contributed by atoms with Crippen molar-refractivity contribution in [1.82, 2.24) is 0 Å². The van der Waals surface area contributed by atoms with Gasteiger partial charge < -0.3 is 21.7 Å². The van der Waals surface area contributed by atoms with Crippen molar-refractivity contribution in [2.45, 2.75) is 0 Å². The zero-order valence-corrected chi connectivity index (χ0v) is 24.2. The van der Waals surface area contributed by atoms with E-state index in [2.05, 4.69) is 24.3 Å². The van der Waals surface area contributed by atoms with Gasteiger partial charge >= 0.3 is 0 Å². The molecule has 4 heteroatoms. The van der Waals surface area contributed by atoms with Crippen LogP contribution >= 0.6 is 0 Å². The predicted molar refractivity (Wildman–Crippen MR) is 188 cm³/mol. The number of nitrogen functional groups attached to an aromatic ring is 2. The number of rotatable bonds is 0. The summed E-state index contributed by atoms with van der Waals surface area (Å²) in [4.78, 5) is 0. The molecule has 0 spiro atoms. The number of aromatic hydroxyl groups is 2. The van der Waals surface area contributed by atoms with Crippen LogP contribution in [0.5, 0.6) is 11.5 Å². The molecule has 216 valence electrons. The zero-order valence-electron chi connectivity index (χ0n) is 24.2. The molecule has 44 heavy (non-hydrogen) atoms. The van der Waals surface area contributed by atoms with Gasteiger partial charge in [-0.25, -0.2) is 0 Å². The van der Waals surface area contributed by atoms with Crippen molar-refractivity contribution in [2.24, 2.45) is 0 Å². The van der Waals surface area contributed by atoms with Gasteiger partial charge in [0.25, 0.3) is 0 Å². The lowest BCUT2D eigenvalue weighted by Gasteiger charge is -1.98. The van der Waals surface area contributed by atoms with E-state index in [0.717, 1.165) is 38.3 Å². The summed E-state index contributed by atoms with van der Waals surface area (Å²) >= 11 is 0. The molecule has 0 fully saturated rings. The number of phenolic OH excluding ortho intramolecular Hbond substituents is 2. The Labute approximate surface area is 257 Å². The van der Waals surface area contributed by atoms with Gasteiger partial charge in [-0.15, -0.1) is 0 Å². The van der Waals surface area contributed by atoms with Gasteiger partial charge in [0, 0.05) is 22.1 Å². The van der Waals surface area contributed by atoms with Crippen LogP contribution in [0.3, 0.4) is 0 Å². The highest BCUT2D eigenvalue weighted by Crippen LogP contribution is 2.23. The van der Waals surface area contributed by atoms with Gasteiger partial charge in [0.05, 0.1) is 0 Å². The minimum absolute atomic E-state index is 0.323. The Kier molecular flexibility index (Phi) is 9.55. The molecule has 0 aliphatic carbocycles. The van der Waals surface area contributed by atoms with Crippen LogP contribution < -0.4 is 11.5 Å². The van der Waals surface area contributed by atoms with Gasteiger partial charge in [-0.1, -0.05) is 133 Å². The second-order valence-electron chi connectivity index (χ2n) is 10.2. The summed E-state index contributed by atoms with van der Waals surface area (Å²) in [6.45, 7) is 0. The lowest BCUT2D eigenvalue weighted by molar-refractivity contribution is 0.476. The molecule has 8 rings (SSSR count). The van der Waals surface area contributed by atoms with Gasteiger partial charge in [0.1, 0.15) is 11.5 Å². The van der Waals surface area contributed by atoms with Gasteiger partial charge in [0.15, 0.2) is 0 Å². The third-order valence-corrected chi connectivity index (χ3v) is 7.10. The van der Waals surface area contributed by atoms with Crippen LogP contribution in [0.1, 0.15) is 0 Å². The predicted octanol–water partition coefficient (Wildman–Crippen LogP) is 9.93. The summed E-state index contributed by atoms with van der Waals surface area (Å²) in [5.41, 5.74) is 13.1. The molecule has 0 amide bonds. The van der Waals surface area contributed by atoms with Crippen molar-refractivity contribution in [3.05, 3.63) is 170 Å². The summed E-state index contributed by atoms with van der Waals surface area (Å²) in [6, 6.07) is 54.8. The minimum Gasteiger partial charge on any atom is -0.508 e. The Morgan fingerprint density at radius 2 is 0.795 bits per heavy atom. The smallest absolute Gasteiger partial charge is 0.123 e. The number of hydrogen-bond donors (Lipinski definition) is 4. The van der Waals surface area contributed by atoms with Crippen LogP contribution in [-0.4, -0.2) is 10.2 Å². The highest BCUT2D eigenvalue weighted by atomic mass is 16.3. The van der Waals surface area contributed by atoms with Crippen molar-refractivity contribution >= 4 is 54.5 Å². The van der Waals surface area contributed by atoms with Gasteiger partial charge in [-0.3, -0.25) is 0 Å². The summed E-state index contributed by atoms with van der Waals surface area (Å²) in [7, 11) is 0. The number of phenols is 2. The minimum atomic E-state index is 0.323. The molecule has 0 radical (unpaired) electrons. The normalized spacial score (nSPS) is 10.2. The van der Waals surface area contributed by atoms with Crippen LogP contribution in [0.25, 0.3) is 43.1 Å². The average Bonchev–Trinajstić information content (AvgIpc) is 3.06. The van der Waals surface area contributed by atoms with E-state index < -0.39 is 0 Å². The van der Waals surface area contributed by atoms with Crippen LogP contribution in [0.4, 0.5) is 11.4 Å². The molecule has 8 aromatic rings. The third kappa shape index (κ3) is 7.64. The maximum atomic E-state index is 9.37. The first kappa shape index (κ1) is 29.5. The summed E-state index contributed by atoms with van der Waals surface area (Å²) in [5, 5.41) is 27.5. The van der Waals surface area contributed by atoms with Crippen LogP contribution in [-0.2, 0) is 0 Å². The molecule has 0 heterocycles. The van der Waals surface area contributed by atoms with E-state index in [-0.39, 0.29) is 0 Å². The largest absolute Gasteiger partial charge is 0.508 e. The molecule has 0 bridgehead atoms. The third-order valence-electron chi connectivity index (χ3n) is 7.10. The molecular weight excluding hydrogens is 540 g/mol. The number of hydrogen-bond acceptors (Lipinski definition) is 4. The highest BCUT2D eigenvalue weighted by molar-refractivity contribution is 5.92. The number of anilines is 2. The van der Waals surface area contributed by atoms with E-state index in [0.29, 0.717) is 11.5 Å². The molecule has 0 saturated carbocycles. The van der Waals surface area contributed by atoms with Gasteiger partial charge in [-0.05, 0) is 68.7 Å². The van der Waals surface area contributed by atoms with Crippen molar-refractivity contribution in [3.8, 4) is 11.5 Å². The highest BCUT2D eigenvalue weighted by Gasteiger charge is 1.95. The Balaban J connectivity index is 0.000000116.